The number of aromatic nitrogens is 2. The minimum atomic E-state index is -1.11. The van der Waals surface area contributed by atoms with Crippen molar-refractivity contribution >= 4 is 63.8 Å². The maximum Gasteiger partial charge on any atom is 0.330 e. The SMILES string of the molecule is C=CC(=O)NC1C[S+]([O-])CC1Nc1ncc2c(n1)N(C)C(=O)N(c1c(Cl)c(OC)cc(OC)c1Cl)C2. The van der Waals surface area contributed by atoms with Gasteiger partial charge in [0.05, 0.1) is 38.5 Å². The van der Waals surface area contributed by atoms with Crippen LogP contribution in [0.5, 0.6) is 11.5 Å². The Morgan fingerprint density at radius 3 is 2.50 bits per heavy atom. The third-order valence-corrected chi connectivity index (χ3v) is 8.06. The molecular weight excluding hydrogens is 531 g/mol. The Morgan fingerprint density at radius 1 is 1.25 bits per heavy atom. The van der Waals surface area contributed by atoms with Crippen LogP contribution >= 0.6 is 23.2 Å². The summed E-state index contributed by atoms with van der Waals surface area (Å²) in [6.45, 7) is 3.54. The maximum absolute atomic E-state index is 13.4. The monoisotopic (exact) mass is 554 g/mol. The fourth-order valence-electron chi connectivity index (χ4n) is 4.06. The van der Waals surface area contributed by atoms with Gasteiger partial charge in [-0.3, -0.25) is 14.6 Å². The molecule has 3 unspecified atom stereocenters. The summed E-state index contributed by atoms with van der Waals surface area (Å²) >= 11 is 11.9. The zero-order valence-electron chi connectivity index (χ0n) is 19.7. The Kier molecular flexibility index (Phi) is 7.69. The summed E-state index contributed by atoms with van der Waals surface area (Å²) in [5, 5.41) is 6.24. The van der Waals surface area contributed by atoms with Crippen molar-refractivity contribution in [2.24, 2.45) is 0 Å². The van der Waals surface area contributed by atoms with Crippen LogP contribution in [0.1, 0.15) is 5.56 Å². The van der Waals surface area contributed by atoms with Gasteiger partial charge in [-0.15, -0.1) is 0 Å². The van der Waals surface area contributed by atoms with E-state index in [1.165, 1.54) is 24.0 Å². The van der Waals surface area contributed by atoms with E-state index in [1.54, 1.807) is 19.3 Å². The summed E-state index contributed by atoms with van der Waals surface area (Å²) in [6.07, 6.45) is 2.75. The summed E-state index contributed by atoms with van der Waals surface area (Å²) in [7, 11) is 4.47. The first kappa shape index (κ1) is 26.1. The molecule has 0 radical (unpaired) electrons. The number of benzene rings is 1. The number of nitrogens with zero attached hydrogens (tertiary/aromatic N) is 4. The van der Waals surface area contributed by atoms with Crippen molar-refractivity contribution in [1.29, 1.82) is 0 Å². The predicted molar refractivity (Wildman–Crippen MR) is 139 cm³/mol. The van der Waals surface area contributed by atoms with E-state index in [4.69, 9.17) is 32.7 Å². The van der Waals surface area contributed by atoms with Gasteiger partial charge in [0.1, 0.15) is 38.9 Å². The normalized spacial score (nSPS) is 21.2. The maximum atomic E-state index is 13.4. The lowest BCUT2D eigenvalue weighted by molar-refractivity contribution is -0.117. The number of rotatable bonds is 7. The molecule has 3 atom stereocenters. The van der Waals surface area contributed by atoms with Crippen LogP contribution in [0.3, 0.4) is 0 Å². The van der Waals surface area contributed by atoms with Crippen LogP contribution in [0, 0.1) is 0 Å². The van der Waals surface area contributed by atoms with Gasteiger partial charge in [0.15, 0.2) is 0 Å². The van der Waals surface area contributed by atoms with Gasteiger partial charge < -0.3 is 24.7 Å². The average Bonchev–Trinajstić information content (AvgIpc) is 3.20. The second kappa shape index (κ2) is 10.6. The Labute approximate surface area is 220 Å². The number of halogens is 2. The first-order valence-electron chi connectivity index (χ1n) is 10.7. The van der Waals surface area contributed by atoms with Crippen LogP contribution in [0.25, 0.3) is 0 Å². The standard InChI is InChI=1S/C22H24Cl2N6O5S/c1-5-16(31)26-12-9-36(33)10-13(12)27-21-25-7-11-8-30(22(32)29(2)20(11)28-21)19-17(23)14(34-3)6-15(35-4)18(19)24/h5-7,12-13H,1,8-10H2,2-4H3,(H,26,31)(H,25,27,28). The molecule has 0 spiro atoms. The van der Waals surface area contributed by atoms with Crippen LogP contribution in [-0.4, -0.2) is 71.3 Å². The Balaban J connectivity index is 1.62. The van der Waals surface area contributed by atoms with Gasteiger partial charge >= 0.3 is 6.03 Å². The summed E-state index contributed by atoms with van der Waals surface area (Å²) in [4.78, 5) is 36.8. The van der Waals surface area contributed by atoms with Crippen LogP contribution in [-0.2, 0) is 22.5 Å². The number of methoxy groups -OCH3 is 2. The van der Waals surface area contributed by atoms with Gasteiger partial charge in [-0.25, -0.2) is 9.78 Å². The minimum Gasteiger partial charge on any atom is -0.616 e. The van der Waals surface area contributed by atoms with Crippen LogP contribution in [0.15, 0.2) is 24.9 Å². The minimum absolute atomic E-state index is 0.0972. The topological polar surface area (TPSA) is 132 Å². The van der Waals surface area contributed by atoms with Crippen molar-refractivity contribution in [2.45, 2.75) is 18.6 Å². The number of carbonyl (C=O) groups is 2. The molecule has 0 aliphatic carbocycles. The molecule has 36 heavy (non-hydrogen) atoms. The number of amides is 3. The van der Waals surface area contributed by atoms with Gasteiger partial charge in [-0.2, -0.15) is 4.98 Å². The third-order valence-electron chi connectivity index (χ3n) is 5.87. The first-order valence-corrected chi connectivity index (χ1v) is 13.0. The Hall–Kier alpha value is -2.93. The Bertz CT molecular complexity index is 1190. The number of fused-ring (bicyclic) bond motifs is 1. The zero-order valence-corrected chi connectivity index (χ0v) is 22.0. The molecule has 2 aliphatic heterocycles. The van der Waals surface area contributed by atoms with Crippen molar-refractivity contribution in [3.8, 4) is 11.5 Å². The van der Waals surface area contributed by atoms with E-state index in [9.17, 15) is 14.1 Å². The molecule has 14 heteroatoms. The van der Waals surface area contributed by atoms with E-state index >= 15 is 0 Å². The number of hydrogen-bond acceptors (Lipinski definition) is 8. The van der Waals surface area contributed by atoms with E-state index in [2.05, 4.69) is 27.2 Å². The largest absolute Gasteiger partial charge is 0.616 e. The quantitative estimate of drug-likeness (QED) is 0.394. The highest BCUT2D eigenvalue weighted by Gasteiger charge is 2.39. The molecule has 4 rings (SSSR count). The lowest BCUT2D eigenvalue weighted by Gasteiger charge is -2.35. The van der Waals surface area contributed by atoms with Gasteiger partial charge in [0, 0.05) is 24.9 Å². The molecule has 1 saturated heterocycles. The zero-order chi connectivity index (χ0) is 26.1. The van der Waals surface area contributed by atoms with Crippen LogP contribution in [0.4, 0.5) is 22.2 Å². The first-order chi connectivity index (χ1) is 17.2. The molecule has 0 saturated carbocycles. The summed E-state index contributed by atoms with van der Waals surface area (Å²) < 4.78 is 22.8. The predicted octanol–water partition coefficient (Wildman–Crippen LogP) is 2.59. The number of anilines is 3. The van der Waals surface area contributed by atoms with Crippen molar-refractivity contribution in [3.63, 3.8) is 0 Å². The molecular formula is C22H24Cl2N6O5S. The highest BCUT2D eigenvalue weighted by atomic mass is 35.5. The van der Waals surface area contributed by atoms with E-state index in [0.29, 0.717) is 34.4 Å². The smallest absolute Gasteiger partial charge is 0.330 e. The average molecular weight is 555 g/mol. The van der Waals surface area contributed by atoms with Crippen LogP contribution < -0.4 is 29.9 Å². The van der Waals surface area contributed by atoms with E-state index < -0.39 is 17.2 Å². The highest BCUT2D eigenvalue weighted by molar-refractivity contribution is 7.91. The van der Waals surface area contributed by atoms with E-state index in [0.717, 1.165) is 6.08 Å². The number of nitrogens with one attached hydrogen (secondary N) is 2. The Morgan fingerprint density at radius 2 is 1.89 bits per heavy atom. The van der Waals surface area contributed by atoms with Crippen molar-refractivity contribution in [2.75, 3.05) is 47.9 Å². The van der Waals surface area contributed by atoms with Gasteiger partial charge in [0.2, 0.25) is 11.9 Å². The second-order valence-corrected chi connectivity index (χ2v) is 10.4. The molecule has 3 heterocycles. The summed E-state index contributed by atoms with van der Waals surface area (Å²) in [5.74, 6) is 1.51. The van der Waals surface area contributed by atoms with Crippen molar-refractivity contribution < 1.29 is 23.6 Å². The van der Waals surface area contributed by atoms with Crippen molar-refractivity contribution in [1.82, 2.24) is 15.3 Å². The lowest BCUT2D eigenvalue weighted by Crippen LogP contribution is -2.47. The molecule has 2 aromatic rings. The molecule has 3 amide bonds. The third kappa shape index (κ3) is 4.85. The number of urea groups is 1. The molecule has 0 bridgehead atoms. The molecule has 1 aromatic carbocycles. The molecule has 2 aliphatic rings. The van der Waals surface area contributed by atoms with Gasteiger partial charge in [-0.05, 0) is 17.3 Å². The van der Waals surface area contributed by atoms with Crippen molar-refractivity contribution in [3.05, 3.63) is 40.5 Å². The van der Waals surface area contributed by atoms with E-state index in [1.807, 2.05) is 0 Å². The molecule has 11 nitrogen and oxygen atoms in total. The number of carbonyl (C=O) groups excluding carboxylic acids is 2. The fourth-order valence-corrected chi connectivity index (χ4v) is 6.33. The fraction of sp³-hybridized carbons (Fsp3) is 0.364. The lowest BCUT2D eigenvalue weighted by atomic mass is 10.1. The molecule has 2 N–H and O–H groups in total. The highest BCUT2D eigenvalue weighted by Crippen LogP contribution is 2.47. The number of hydrogen-bond donors (Lipinski definition) is 2. The number of ether oxygens (including phenoxy) is 2. The summed E-state index contributed by atoms with van der Waals surface area (Å²) in [5.41, 5.74) is 0.886. The van der Waals surface area contributed by atoms with Crippen LogP contribution in [0.2, 0.25) is 10.0 Å². The van der Waals surface area contributed by atoms with Gasteiger partial charge in [-0.1, -0.05) is 29.8 Å². The second-order valence-electron chi connectivity index (χ2n) is 8.07. The van der Waals surface area contributed by atoms with E-state index in [-0.39, 0.29) is 46.2 Å². The molecule has 1 fully saturated rings. The molecule has 1 aromatic heterocycles. The van der Waals surface area contributed by atoms with Gasteiger partial charge in [0.25, 0.3) is 0 Å². The summed E-state index contributed by atoms with van der Waals surface area (Å²) in [6, 6.07) is 0.389. The molecule has 192 valence electrons.